The third-order valence-electron chi connectivity index (χ3n) is 5.64. The van der Waals surface area contributed by atoms with E-state index in [0.717, 1.165) is 44.6 Å². The molecule has 0 unspecified atom stereocenters. The highest BCUT2D eigenvalue weighted by Gasteiger charge is 2.20. The molecule has 0 amide bonds. The van der Waals surface area contributed by atoms with Gasteiger partial charge in [0.25, 0.3) is 0 Å². The Morgan fingerprint density at radius 3 is 2.61 bits per heavy atom. The van der Waals surface area contributed by atoms with E-state index in [4.69, 9.17) is 10.7 Å². The van der Waals surface area contributed by atoms with Crippen LogP contribution in [-0.2, 0) is 0 Å². The summed E-state index contributed by atoms with van der Waals surface area (Å²) in [5.74, 6) is 0.344. The van der Waals surface area contributed by atoms with E-state index in [1.807, 2.05) is 30.3 Å². The Balaban J connectivity index is 1.46. The number of benzene rings is 2. The van der Waals surface area contributed by atoms with E-state index < -0.39 is 0 Å². The molecule has 0 aliphatic carbocycles. The van der Waals surface area contributed by atoms with Crippen LogP contribution in [0.1, 0.15) is 17.0 Å². The molecule has 0 radical (unpaired) electrons. The zero-order valence-corrected chi connectivity index (χ0v) is 17.4. The number of pyridine rings is 1. The van der Waals surface area contributed by atoms with Gasteiger partial charge in [0.1, 0.15) is 11.5 Å². The first-order chi connectivity index (χ1) is 16.2. The van der Waals surface area contributed by atoms with Gasteiger partial charge in [-0.15, -0.1) is 0 Å². The highest BCUT2D eigenvalue weighted by Crippen LogP contribution is 2.32. The van der Waals surface area contributed by atoms with Crippen molar-refractivity contribution in [3.8, 4) is 22.6 Å². The summed E-state index contributed by atoms with van der Waals surface area (Å²) in [5, 5.41) is 8.52. The Morgan fingerprint density at radius 2 is 1.76 bits per heavy atom. The zero-order chi connectivity index (χ0) is 22.4. The van der Waals surface area contributed by atoms with Crippen molar-refractivity contribution in [1.82, 2.24) is 25.1 Å². The van der Waals surface area contributed by atoms with Gasteiger partial charge < -0.3 is 10.7 Å². The number of aromatic nitrogens is 5. The van der Waals surface area contributed by atoms with E-state index in [-0.39, 0.29) is 5.82 Å². The molecule has 1 aliphatic heterocycles. The molecule has 33 heavy (non-hydrogen) atoms. The average Bonchev–Trinajstić information content (AvgIpc) is 3.38. The summed E-state index contributed by atoms with van der Waals surface area (Å²) in [4.78, 5) is 16.9. The number of hydrogen-bond donors (Lipinski definition) is 3. The lowest BCUT2D eigenvalue weighted by atomic mass is 10.0. The minimum absolute atomic E-state index is 0.277. The van der Waals surface area contributed by atoms with Crippen molar-refractivity contribution in [1.29, 1.82) is 0 Å². The van der Waals surface area contributed by atoms with Crippen molar-refractivity contribution in [2.45, 2.75) is 0 Å². The van der Waals surface area contributed by atoms with Crippen molar-refractivity contribution in [2.75, 3.05) is 12.3 Å². The topological polar surface area (TPSA) is 109 Å². The van der Waals surface area contributed by atoms with Gasteiger partial charge in [-0.3, -0.25) is 15.1 Å². The van der Waals surface area contributed by atoms with Crippen LogP contribution < -0.4 is 5.73 Å². The summed E-state index contributed by atoms with van der Waals surface area (Å²) in [6, 6.07) is 14.3. The number of H-pyrrole nitrogens is 2. The largest absolute Gasteiger partial charge is 0.397 e. The van der Waals surface area contributed by atoms with Crippen LogP contribution in [0.4, 0.5) is 10.1 Å². The molecule has 0 saturated carbocycles. The molecule has 0 fully saturated rings. The fourth-order valence-electron chi connectivity index (χ4n) is 4.06. The SMILES string of the molecule is Nc1cncc(-c2ccc3[nH]nc(-c4nc5c([nH]4)C=NCC=C5c4ccc(F)cc4)c3c2)c1. The lowest BCUT2D eigenvalue weighted by Gasteiger charge is -2.05. The standard InChI is InChI=1S/C25H18FN7/c26-17-4-1-14(2-5-17)19-7-8-28-13-22-23(19)31-25(30-22)24-20-10-15(3-6-21(20)32-33-24)16-9-18(27)12-29-11-16/h1-7,9-13H,8,27H2,(H,30,31)(H,32,33). The first-order valence-corrected chi connectivity index (χ1v) is 10.4. The molecule has 0 spiro atoms. The fraction of sp³-hybridized carbons (Fsp3) is 0.0400. The normalized spacial score (nSPS) is 13.1. The number of anilines is 1. The quantitative estimate of drug-likeness (QED) is 0.385. The number of nitrogens with one attached hydrogen (secondary N) is 2. The Morgan fingerprint density at radius 1 is 0.909 bits per heavy atom. The number of nitrogen functional groups attached to an aromatic ring is 1. The molecule has 4 heterocycles. The van der Waals surface area contributed by atoms with Crippen LogP contribution >= 0.6 is 0 Å². The van der Waals surface area contributed by atoms with Crippen molar-refractivity contribution in [3.63, 3.8) is 0 Å². The lowest BCUT2D eigenvalue weighted by molar-refractivity contribution is 0.627. The van der Waals surface area contributed by atoms with Gasteiger partial charge in [0.15, 0.2) is 5.82 Å². The molecule has 3 aromatic heterocycles. The van der Waals surface area contributed by atoms with E-state index in [1.165, 1.54) is 12.1 Å². The summed E-state index contributed by atoms with van der Waals surface area (Å²) in [6.07, 6.45) is 7.17. The van der Waals surface area contributed by atoms with Crippen LogP contribution in [0.5, 0.6) is 0 Å². The summed E-state index contributed by atoms with van der Waals surface area (Å²) in [6.45, 7) is 0.523. The Kier molecular flexibility index (Phi) is 4.36. The predicted octanol–water partition coefficient (Wildman–Crippen LogP) is 4.60. The minimum Gasteiger partial charge on any atom is -0.397 e. The first kappa shape index (κ1) is 19.1. The van der Waals surface area contributed by atoms with Crippen LogP contribution in [0.2, 0.25) is 0 Å². The number of fused-ring (bicyclic) bond motifs is 2. The van der Waals surface area contributed by atoms with Gasteiger partial charge >= 0.3 is 0 Å². The number of nitrogens with zero attached hydrogens (tertiary/aromatic N) is 4. The second-order valence-corrected chi connectivity index (χ2v) is 7.81. The van der Waals surface area contributed by atoms with E-state index >= 15 is 0 Å². The molecule has 0 atom stereocenters. The molecule has 0 saturated heterocycles. The van der Waals surface area contributed by atoms with Gasteiger partial charge in [-0.25, -0.2) is 9.37 Å². The summed E-state index contributed by atoms with van der Waals surface area (Å²) in [5.41, 5.74) is 13.3. The summed E-state index contributed by atoms with van der Waals surface area (Å²) < 4.78 is 13.5. The maximum absolute atomic E-state index is 13.5. The Labute approximate surface area is 187 Å². The molecule has 6 rings (SSSR count). The molecule has 0 bridgehead atoms. The maximum Gasteiger partial charge on any atom is 0.159 e. The van der Waals surface area contributed by atoms with E-state index in [2.05, 4.69) is 25.2 Å². The molecular formula is C25H18FN7. The third-order valence-corrected chi connectivity index (χ3v) is 5.64. The summed E-state index contributed by atoms with van der Waals surface area (Å²) in [7, 11) is 0. The van der Waals surface area contributed by atoms with Crippen LogP contribution in [0, 0.1) is 5.82 Å². The number of halogens is 1. The van der Waals surface area contributed by atoms with Gasteiger partial charge in [-0.2, -0.15) is 5.10 Å². The number of imidazole rings is 1. The van der Waals surface area contributed by atoms with E-state index in [9.17, 15) is 4.39 Å². The average molecular weight is 435 g/mol. The van der Waals surface area contributed by atoms with E-state index in [1.54, 1.807) is 30.7 Å². The maximum atomic E-state index is 13.5. The van der Waals surface area contributed by atoms with Gasteiger partial charge in [-0.1, -0.05) is 24.3 Å². The number of nitrogens with two attached hydrogens (primary N) is 1. The van der Waals surface area contributed by atoms with Gasteiger partial charge in [-0.05, 0) is 41.5 Å². The van der Waals surface area contributed by atoms with Crippen LogP contribution in [0.25, 0.3) is 39.1 Å². The van der Waals surface area contributed by atoms with Crippen LogP contribution in [-0.4, -0.2) is 37.9 Å². The van der Waals surface area contributed by atoms with Gasteiger partial charge in [0, 0.05) is 35.1 Å². The molecule has 1 aliphatic rings. The number of rotatable bonds is 3. The Hall–Kier alpha value is -4.59. The molecule has 4 N–H and O–H groups in total. The highest BCUT2D eigenvalue weighted by atomic mass is 19.1. The third kappa shape index (κ3) is 3.38. The van der Waals surface area contributed by atoms with E-state index in [0.29, 0.717) is 23.8 Å². The zero-order valence-electron chi connectivity index (χ0n) is 17.4. The molecule has 2 aromatic carbocycles. The number of aliphatic imine (C=N–C) groups is 1. The smallest absolute Gasteiger partial charge is 0.159 e. The molecular weight excluding hydrogens is 417 g/mol. The number of hydrogen-bond acceptors (Lipinski definition) is 5. The Bertz CT molecular complexity index is 1560. The minimum atomic E-state index is -0.277. The lowest BCUT2D eigenvalue weighted by Crippen LogP contribution is -1.93. The monoisotopic (exact) mass is 435 g/mol. The highest BCUT2D eigenvalue weighted by molar-refractivity contribution is 5.97. The molecule has 7 nitrogen and oxygen atoms in total. The second kappa shape index (κ2) is 7.52. The molecule has 160 valence electrons. The van der Waals surface area contributed by atoms with Crippen LogP contribution in [0.3, 0.4) is 0 Å². The molecule has 8 heteroatoms. The van der Waals surface area contributed by atoms with Gasteiger partial charge in [0.05, 0.1) is 29.1 Å². The van der Waals surface area contributed by atoms with Crippen molar-refractivity contribution in [3.05, 3.63) is 89.8 Å². The van der Waals surface area contributed by atoms with Crippen molar-refractivity contribution >= 4 is 28.4 Å². The second-order valence-electron chi connectivity index (χ2n) is 7.81. The van der Waals surface area contributed by atoms with Crippen LogP contribution in [0.15, 0.2) is 72.0 Å². The fourth-order valence-corrected chi connectivity index (χ4v) is 4.06. The predicted molar refractivity (Wildman–Crippen MR) is 127 cm³/mol. The molecule has 5 aromatic rings. The van der Waals surface area contributed by atoms with Crippen molar-refractivity contribution < 1.29 is 4.39 Å². The van der Waals surface area contributed by atoms with Gasteiger partial charge in [0.2, 0.25) is 0 Å². The number of aromatic amines is 2. The summed E-state index contributed by atoms with van der Waals surface area (Å²) >= 11 is 0. The first-order valence-electron chi connectivity index (χ1n) is 10.4. The van der Waals surface area contributed by atoms with Crippen molar-refractivity contribution in [2.24, 2.45) is 4.99 Å².